The summed E-state index contributed by atoms with van der Waals surface area (Å²) in [7, 11) is 0. The van der Waals surface area contributed by atoms with Crippen LogP contribution in [0.1, 0.15) is 50.5 Å². The molecule has 1 aliphatic heterocycles. The summed E-state index contributed by atoms with van der Waals surface area (Å²) < 4.78 is 13.3. The van der Waals surface area contributed by atoms with Gasteiger partial charge in [0.05, 0.1) is 5.54 Å². The van der Waals surface area contributed by atoms with E-state index in [-0.39, 0.29) is 11.7 Å². The van der Waals surface area contributed by atoms with Crippen LogP contribution < -0.4 is 5.73 Å². The normalized spacial score (nSPS) is 22.1. The summed E-state index contributed by atoms with van der Waals surface area (Å²) in [5.74, 6) is 0.514. The SMILES string of the molecule is NC1(C(=O)N2CCC(Cc3cccc(F)c3)CC2)CCCCC1. The molecule has 1 aromatic rings. The lowest BCUT2D eigenvalue weighted by Crippen LogP contribution is -2.57. The van der Waals surface area contributed by atoms with E-state index in [1.165, 1.54) is 12.5 Å². The van der Waals surface area contributed by atoms with Crippen molar-refractivity contribution in [3.05, 3.63) is 35.6 Å². The molecule has 2 fully saturated rings. The van der Waals surface area contributed by atoms with E-state index in [4.69, 9.17) is 5.73 Å². The van der Waals surface area contributed by atoms with Crippen molar-refractivity contribution in [1.29, 1.82) is 0 Å². The van der Waals surface area contributed by atoms with Crippen molar-refractivity contribution in [3.8, 4) is 0 Å². The molecule has 0 atom stereocenters. The van der Waals surface area contributed by atoms with E-state index >= 15 is 0 Å². The highest BCUT2D eigenvalue weighted by atomic mass is 19.1. The molecule has 23 heavy (non-hydrogen) atoms. The molecule has 1 amide bonds. The van der Waals surface area contributed by atoms with Crippen LogP contribution in [0.5, 0.6) is 0 Å². The van der Waals surface area contributed by atoms with Gasteiger partial charge in [0, 0.05) is 13.1 Å². The van der Waals surface area contributed by atoms with Crippen LogP contribution in [0.25, 0.3) is 0 Å². The van der Waals surface area contributed by atoms with Crippen molar-refractivity contribution in [1.82, 2.24) is 4.90 Å². The number of amides is 1. The molecule has 1 aromatic carbocycles. The van der Waals surface area contributed by atoms with E-state index in [0.29, 0.717) is 5.92 Å². The summed E-state index contributed by atoms with van der Waals surface area (Å²) >= 11 is 0. The van der Waals surface area contributed by atoms with Gasteiger partial charge in [0.25, 0.3) is 0 Å². The van der Waals surface area contributed by atoms with Gasteiger partial charge in [-0.2, -0.15) is 0 Å². The Kier molecular flexibility index (Phi) is 5.00. The topological polar surface area (TPSA) is 46.3 Å². The molecule has 0 bridgehead atoms. The maximum Gasteiger partial charge on any atom is 0.242 e. The third kappa shape index (κ3) is 3.92. The highest BCUT2D eigenvalue weighted by Gasteiger charge is 2.39. The summed E-state index contributed by atoms with van der Waals surface area (Å²) in [6, 6.07) is 6.85. The molecule has 126 valence electrons. The zero-order valence-corrected chi connectivity index (χ0v) is 13.8. The Hall–Kier alpha value is -1.42. The van der Waals surface area contributed by atoms with Gasteiger partial charge in [0.1, 0.15) is 5.82 Å². The minimum absolute atomic E-state index is 0.154. The van der Waals surface area contributed by atoms with Crippen molar-refractivity contribution in [3.63, 3.8) is 0 Å². The van der Waals surface area contributed by atoms with Crippen LogP contribution in [0.3, 0.4) is 0 Å². The van der Waals surface area contributed by atoms with Gasteiger partial charge in [-0.3, -0.25) is 4.79 Å². The monoisotopic (exact) mass is 318 g/mol. The molecule has 2 aliphatic rings. The molecule has 2 N–H and O–H groups in total. The van der Waals surface area contributed by atoms with Crippen LogP contribution in [0.2, 0.25) is 0 Å². The molecule has 0 radical (unpaired) electrons. The highest BCUT2D eigenvalue weighted by Crippen LogP contribution is 2.30. The molecule has 0 aromatic heterocycles. The van der Waals surface area contributed by atoms with Crippen LogP contribution in [0.15, 0.2) is 24.3 Å². The Morgan fingerprint density at radius 2 is 1.91 bits per heavy atom. The van der Waals surface area contributed by atoms with Crippen LogP contribution in [-0.2, 0) is 11.2 Å². The van der Waals surface area contributed by atoms with E-state index in [1.54, 1.807) is 12.1 Å². The Balaban J connectivity index is 1.53. The van der Waals surface area contributed by atoms with Gasteiger partial charge in [-0.25, -0.2) is 4.39 Å². The number of carbonyl (C=O) groups is 1. The summed E-state index contributed by atoms with van der Waals surface area (Å²) in [5, 5.41) is 0. The molecule has 1 saturated carbocycles. The van der Waals surface area contributed by atoms with Gasteiger partial charge in [0.15, 0.2) is 0 Å². The van der Waals surface area contributed by atoms with Crippen molar-refractivity contribution in [2.75, 3.05) is 13.1 Å². The molecule has 3 nitrogen and oxygen atoms in total. The molecule has 0 spiro atoms. The molecular weight excluding hydrogens is 291 g/mol. The Morgan fingerprint density at radius 3 is 2.57 bits per heavy atom. The number of rotatable bonds is 3. The minimum Gasteiger partial charge on any atom is -0.341 e. The lowest BCUT2D eigenvalue weighted by molar-refractivity contribution is -0.139. The van der Waals surface area contributed by atoms with E-state index < -0.39 is 5.54 Å². The van der Waals surface area contributed by atoms with Gasteiger partial charge in [0.2, 0.25) is 5.91 Å². The van der Waals surface area contributed by atoms with E-state index in [0.717, 1.165) is 63.6 Å². The Morgan fingerprint density at radius 1 is 1.22 bits per heavy atom. The van der Waals surface area contributed by atoms with Gasteiger partial charge < -0.3 is 10.6 Å². The van der Waals surface area contributed by atoms with Crippen molar-refractivity contribution in [2.45, 2.75) is 56.9 Å². The first-order valence-electron chi connectivity index (χ1n) is 8.89. The maximum atomic E-state index is 13.3. The number of carbonyl (C=O) groups excluding carboxylic acids is 1. The standard InChI is InChI=1S/C19H27FN2O/c20-17-6-4-5-16(14-17)13-15-7-11-22(12-8-15)18(23)19(21)9-2-1-3-10-19/h4-6,14-15H,1-3,7-13,21H2. The van der Waals surface area contributed by atoms with Gasteiger partial charge in [-0.1, -0.05) is 31.4 Å². The molecule has 1 aliphatic carbocycles. The number of benzene rings is 1. The second-order valence-electron chi connectivity index (χ2n) is 7.29. The Bertz CT molecular complexity index is 546. The summed E-state index contributed by atoms with van der Waals surface area (Å²) in [5.41, 5.74) is 6.81. The average Bonchev–Trinajstić information content (AvgIpc) is 2.56. The summed E-state index contributed by atoms with van der Waals surface area (Å²) in [4.78, 5) is 14.7. The van der Waals surface area contributed by atoms with Crippen LogP contribution >= 0.6 is 0 Å². The average molecular weight is 318 g/mol. The number of hydrogen-bond donors (Lipinski definition) is 1. The molecule has 4 heteroatoms. The first-order chi connectivity index (χ1) is 11.1. The van der Waals surface area contributed by atoms with Gasteiger partial charge in [-0.05, 0) is 55.7 Å². The zero-order chi connectivity index (χ0) is 16.3. The number of piperidine rings is 1. The predicted molar refractivity (Wildman–Crippen MR) is 89.4 cm³/mol. The van der Waals surface area contributed by atoms with E-state index in [2.05, 4.69) is 0 Å². The number of likely N-dealkylation sites (tertiary alicyclic amines) is 1. The van der Waals surface area contributed by atoms with Gasteiger partial charge in [-0.15, -0.1) is 0 Å². The van der Waals surface area contributed by atoms with Crippen LogP contribution in [0.4, 0.5) is 4.39 Å². The quantitative estimate of drug-likeness (QED) is 0.930. The molecular formula is C19H27FN2O. The Labute approximate surface area is 138 Å². The van der Waals surface area contributed by atoms with Crippen molar-refractivity contribution < 1.29 is 9.18 Å². The number of nitrogens with zero attached hydrogens (tertiary/aromatic N) is 1. The second kappa shape index (κ2) is 7.00. The molecule has 1 saturated heterocycles. The second-order valence-corrected chi connectivity index (χ2v) is 7.29. The third-order valence-corrected chi connectivity index (χ3v) is 5.49. The van der Waals surface area contributed by atoms with Crippen LogP contribution in [-0.4, -0.2) is 29.4 Å². The highest BCUT2D eigenvalue weighted by molar-refractivity contribution is 5.86. The summed E-state index contributed by atoms with van der Waals surface area (Å²) in [6.45, 7) is 1.58. The minimum atomic E-state index is -0.617. The lowest BCUT2D eigenvalue weighted by atomic mass is 9.80. The maximum absolute atomic E-state index is 13.3. The predicted octanol–water partition coefficient (Wildman–Crippen LogP) is 3.27. The number of halogens is 1. The fourth-order valence-electron chi connectivity index (χ4n) is 4.05. The first-order valence-corrected chi connectivity index (χ1v) is 8.89. The smallest absolute Gasteiger partial charge is 0.242 e. The largest absolute Gasteiger partial charge is 0.341 e. The molecule has 0 unspecified atom stereocenters. The summed E-state index contributed by atoms with van der Waals surface area (Å²) in [6.07, 6.45) is 7.85. The van der Waals surface area contributed by atoms with Crippen LogP contribution in [0, 0.1) is 11.7 Å². The molecule has 1 heterocycles. The first kappa shape index (κ1) is 16.4. The number of nitrogens with two attached hydrogens (primary N) is 1. The zero-order valence-electron chi connectivity index (χ0n) is 13.8. The van der Waals surface area contributed by atoms with Crippen molar-refractivity contribution in [2.24, 2.45) is 11.7 Å². The van der Waals surface area contributed by atoms with Gasteiger partial charge >= 0.3 is 0 Å². The molecule has 3 rings (SSSR count). The fourth-order valence-corrected chi connectivity index (χ4v) is 4.05. The third-order valence-electron chi connectivity index (χ3n) is 5.49. The fraction of sp³-hybridized carbons (Fsp3) is 0.632. The van der Waals surface area contributed by atoms with Crippen molar-refractivity contribution >= 4 is 5.91 Å². The van der Waals surface area contributed by atoms with E-state index in [1.807, 2.05) is 11.0 Å². The number of hydrogen-bond acceptors (Lipinski definition) is 2. The lowest BCUT2D eigenvalue weighted by Gasteiger charge is -2.40. The van der Waals surface area contributed by atoms with E-state index in [9.17, 15) is 9.18 Å².